The molecule has 4 aromatic rings. The molecule has 0 unspecified atom stereocenters. The van der Waals surface area contributed by atoms with Gasteiger partial charge in [0.25, 0.3) is 0 Å². The summed E-state index contributed by atoms with van der Waals surface area (Å²) in [5.74, 6) is 1.13. The predicted molar refractivity (Wildman–Crippen MR) is 147 cm³/mol. The SMILES string of the molecule is CC.O[C@H](COc1cccc2[nH]ccc12)CN1CCC(Oc2ccc(C(F)(F)F)cc2)(c2ccccc2)CC1. The number of H-pyrrole nitrogens is 1. The smallest absolute Gasteiger partial charge is 0.416 e. The molecular formula is C31H35F3N2O3. The van der Waals surface area contributed by atoms with Crippen LogP contribution in [0.25, 0.3) is 10.9 Å². The molecule has 0 bridgehead atoms. The number of fused-ring (bicyclic) bond motifs is 1. The summed E-state index contributed by atoms with van der Waals surface area (Å²) in [7, 11) is 0. The number of nitrogens with zero attached hydrogens (tertiary/aromatic N) is 1. The van der Waals surface area contributed by atoms with E-state index in [1.807, 2.05) is 74.6 Å². The van der Waals surface area contributed by atoms with Gasteiger partial charge in [-0.05, 0) is 48.0 Å². The Kier molecular flexibility index (Phi) is 9.20. The van der Waals surface area contributed by atoms with Crippen LogP contribution in [-0.2, 0) is 11.8 Å². The van der Waals surface area contributed by atoms with Gasteiger partial charge in [0.2, 0.25) is 0 Å². The molecule has 208 valence electrons. The number of halogens is 3. The molecule has 5 nitrogen and oxygen atoms in total. The topological polar surface area (TPSA) is 57.7 Å². The molecule has 0 aliphatic carbocycles. The van der Waals surface area contributed by atoms with Crippen molar-refractivity contribution in [1.29, 1.82) is 0 Å². The van der Waals surface area contributed by atoms with Crippen molar-refractivity contribution in [2.45, 2.75) is 44.6 Å². The second-order valence-electron chi connectivity index (χ2n) is 9.45. The second-order valence-corrected chi connectivity index (χ2v) is 9.45. The monoisotopic (exact) mass is 540 g/mol. The van der Waals surface area contributed by atoms with Crippen LogP contribution in [0.5, 0.6) is 11.5 Å². The number of ether oxygens (including phenoxy) is 2. The molecule has 39 heavy (non-hydrogen) atoms. The average Bonchev–Trinajstić information content (AvgIpc) is 3.44. The maximum atomic E-state index is 13.0. The normalized spacial score (nSPS) is 16.3. The fraction of sp³-hybridized carbons (Fsp3) is 0.355. The van der Waals surface area contributed by atoms with Crippen molar-refractivity contribution < 1.29 is 27.8 Å². The van der Waals surface area contributed by atoms with Crippen LogP contribution in [0.2, 0.25) is 0 Å². The van der Waals surface area contributed by atoms with Crippen molar-refractivity contribution in [3.8, 4) is 11.5 Å². The van der Waals surface area contributed by atoms with Crippen LogP contribution in [0.15, 0.2) is 85.1 Å². The van der Waals surface area contributed by atoms with E-state index in [1.165, 1.54) is 12.1 Å². The van der Waals surface area contributed by atoms with Crippen LogP contribution in [0, 0.1) is 0 Å². The Labute approximate surface area is 227 Å². The lowest BCUT2D eigenvalue weighted by atomic mass is 9.84. The molecule has 3 aromatic carbocycles. The Morgan fingerprint density at radius 2 is 1.62 bits per heavy atom. The number of alkyl halides is 3. The van der Waals surface area contributed by atoms with Gasteiger partial charge < -0.3 is 24.5 Å². The van der Waals surface area contributed by atoms with E-state index in [2.05, 4.69) is 9.88 Å². The zero-order chi connectivity index (χ0) is 27.9. The summed E-state index contributed by atoms with van der Waals surface area (Å²) in [5, 5.41) is 11.6. The zero-order valence-corrected chi connectivity index (χ0v) is 22.2. The molecule has 8 heteroatoms. The number of hydrogen-bond donors (Lipinski definition) is 2. The molecule has 1 atom stereocenters. The van der Waals surface area contributed by atoms with E-state index in [-0.39, 0.29) is 6.61 Å². The van der Waals surface area contributed by atoms with Crippen molar-refractivity contribution in [2.75, 3.05) is 26.2 Å². The summed E-state index contributed by atoms with van der Waals surface area (Å²) in [6.07, 6.45) is -1.94. The van der Waals surface area contributed by atoms with Crippen molar-refractivity contribution in [2.24, 2.45) is 0 Å². The Hall–Kier alpha value is -3.49. The molecular weight excluding hydrogens is 505 g/mol. The molecule has 1 aliphatic rings. The highest BCUT2D eigenvalue weighted by atomic mass is 19.4. The minimum Gasteiger partial charge on any atom is -0.490 e. The van der Waals surface area contributed by atoms with Crippen LogP contribution >= 0.6 is 0 Å². The van der Waals surface area contributed by atoms with Crippen LogP contribution in [0.1, 0.15) is 37.8 Å². The Balaban J connectivity index is 0.00000172. The first kappa shape index (κ1) is 28.5. The third-order valence-electron chi connectivity index (χ3n) is 6.91. The summed E-state index contributed by atoms with van der Waals surface area (Å²) < 4.78 is 51.3. The van der Waals surface area contributed by atoms with E-state index in [0.29, 0.717) is 38.2 Å². The minimum absolute atomic E-state index is 0.173. The molecule has 1 saturated heterocycles. The molecule has 0 saturated carbocycles. The third-order valence-corrected chi connectivity index (χ3v) is 6.91. The number of aliphatic hydroxyl groups is 1. The van der Waals surface area contributed by atoms with E-state index in [9.17, 15) is 18.3 Å². The summed E-state index contributed by atoms with van der Waals surface area (Å²) in [5.41, 5.74) is 0.599. The fourth-order valence-corrected chi connectivity index (χ4v) is 4.95. The van der Waals surface area contributed by atoms with Gasteiger partial charge in [-0.3, -0.25) is 0 Å². The molecule has 0 amide bonds. The van der Waals surface area contributed by atoms with Crippen LogP contribution in [0.4, 0.5) is 13.2 Å². The number of benzene rings is 3. The zero-order valence-electron chi connectivity index (χ0n) is 22.2. The van der Waals surface area contributed by atoms with E-state index in [4.69, 9.17) is 9.47 Å². The molecule has 0 spiro atoms. The number of aliphatic hydroxyl groups excluding tert-OH is 1. The number of aromatic nitrogens is 1. The third kappa shape index (κ3) is 6.94. The van der Waals surface area contributed by atoms with Crippen LogP contribution in [0.3, 0.4) is 0 Å². The van der Waals surface area contributed by atoms with E-state index in [1.54, 1.807) is 0 Å². The second kappa shape index (κ2) is 12.6. The van der Waals surface area contributed by atoms with Crippen molar-refractivity contribution in [3.63, 3.8) is 0 Å². The summed E-state index contributed by atoms with van der Waals surface area (Å²) in [4.78, 5) is 5.32. The van der Waals surface area contributed by atoms with Crippen LogP contribution < -0.4 is 9.47 Å². The van der Waals surface area contributed by atoms with Gasteiger partial charge in [0.1, 0.15) is 29.8 Å². The lowest BCUT2D eigenvalue weighted by molar-refractivity contribution is -0.137. The maximum Gasteiger partial charge on any atom is 0.416 e. The number of likely N-dealkylation sites (tertiary alicyclic amines) is 1. The van der Waals surface area contributed by atoms with Gasteiger partial charge in [-0.1, -0.05) is 50.2 Å². The highest BCUT2D eigenvalue weighted by molar-refractivity contribution is 5.85. The number of aromatic amines is 1. The first-order chi connectivity index (χ1) is 18.8. The molecule has 5 rings (SSSR count). The highest BCUT2D eigenvalue weighted by Gasteiger charge is 2.39. The summed E-state index contributed by atoms with van der Waals surface area (Å²) in [6, 6.07) is 22.3. The van der Waals surface area contributed by atoms with Crippen LogP contribution in [-0.4, -0.2) is 47.3 Å². The van der Waals surface area contributed by atoms with Gasteiger partial charge in [-0.15, -0.1) is 0 Å². The molecule has 2 N–H and O–H groups in total. The van der Waals surface area contributed by atoms with E-state index < -0.39 is 23.4 Å². The van der Waals surface area contributed by atoms with Gasteiger partial charge in [0.15, 0.2) is 0 Å². The van der Waals surface area contributed by atoms with Crippen molar-refractivity contribution >= 4 is 10.9 Å². The highest BCUT2D eigenvalue weighted by Crippen LogP contribution is 2.39. The minimum atomic E-state index is -4.39. The largest absolute Gasteiger partial charge is 0.490 e. The summed E-state index contributed by atoms with van der Waals surface area (Å²) >= 11 is 0. The lowest BCUT2D eigenvalue weighted by Crippen LogP contribution is -2.48. The molecule has 1 fully saturated rings. The van der Waals surface area contributed by atoms with Crippen molar-refractivity contribution in [1.82, 2.24) is 9.88 Å². The van der Waals surface area contributed by atoms with Crippen molar-refractivity contribution in [3.05, 3.63) is 96.2 Å². The summed E-state index contributed by atoms with van der Waals surface area (Å²) in [6.45, 7) is 5.96. The standard InChI is InChI=1S/C29H29F3N2O3.C2H6/c30-29(31,32)22-9-11-24(12-10-22)37-28(21-5-2-1-3-6-21)14-17-34(18-15-28)19-23(35)20-36-27-8-4-7-26-25(27)13-16-33-26;1-2/h1-13,16,23,33,35H,14-15,17-20H2;1-2H3/t23-;/m0./s1. The fourth-order valence-electron chi connectivity index (χ4n) is 4.95. The number of nitrogens with one attached hydrogen (secondary N) is 1. The first-order valence-corrected chi connectivity index (χ1v) is 13.3. The first-order valence-electron chi connectivity index (χ1n) is 13.3. The Morgan fingerprint density at radius 1 is 0.923 bits per heavy atom. The van der Waals surface area contributed by atoms with Gasteiger partial charge in [0, 0.05) is 49.6 Å². The number of hydrogen-bond acceptors (Lipinski definition) is 4. The molecule has 1 aliphatic heterocycles. The van der Waals surface area contributed by atoms with Gasteiger partial charge in [-0.2, -0.15) is 13.2 Å². The Bertz CT molecular complexity index is 1300. The van der Waals surface area contributed by atoms with Gasteiger partial charge in [0.05, 0.1) is 5.56 Å². The lowest BCUT2D eigenvalue weighted by Gasteiger charge is -2.42. The molecule has 1 aromatic heterocycles. The number of piperidine rings is 1. The number of β-amino-alcohol motifs (C(OH)–C–C–N with tert-alkyl or cyclic N) is 1. The number of rotatable bonds is 8. The predicted octanol–water partition coefficient (Wildman–Crippen LogP) is 7.02. The maximum absolute atomic E-state index is 13.0. The average molecular weight is 541 g/mol. The molecule has 2 heterocycles. The van der Waals surface area contributed by atoms with Gasteiger partial charge >= 0.3 is 6.18 Å². The Morgan fingerprint density at radius 3 is 2.28 bits per heavy atom. The van der Waals surface area contributed by atoms with Gasteiger partial charge in [-0.25, -0.2) is 0 Å². The quantitative estimate of drug-likeness (QED) is 0.252. The van der Waals surface area contributed by atoms with E-state index >= 15 is 0 Å². The molecule has 0 radical (unpaired) electrons. The van der Waals surface area contributed by atoms with E-state index in [0.717, 1.165) is 34.3 Å².